The molecule has 21 heavy (non-hydrogen) atoms. The molecule has 7 heteroatoms. The summed E-state index contributed by atoms with van der Waals surface area (Å²) in [6.45, 7) is 3.77. The summed E-state index contributed by atoms with van der Waals surface area (Å²) in [5, 5.41) is 7.61. The molecule has 1 unspecified atom stereocenters. The summed E-state index contributed by atoms with van der Waals surface area (Å²) in [5.74, 6) is 4.69. The highest BCUT2D eigenvalue weighted by molar-refractivity contribution is 5.96. The minimum atomic E-state index is -0.237. The van der Waals surface area contributed by atoms with Gasteiger partial charge in [0.2, 0.25) is 5.78 Å². The van der Waals surface area contributed by atoms with Crippen LogP contribution in [-0.4, -0.2) is 53.2 Å². The lowest BCUT2D eigenvalue weighted by atomic mass is 10.3. The highest BCUT2D eigenvalue weighted by atomic mass is 16.5. The summed E-state index contributed by atoms with van der Waals surface area (Å²) in [5.41, 5.74) is 5.81. The first kappa shape index (κ1) is 17.3. The molecule has 0 bridgehead atoms. The van der Waals surface area contributed by atoms with Gasteiger partial charge in [0.15, 0.2) is 0 Å². The number of Topliss-reactive ketones (excluding diaryl/α,β-unsaturated/α-hetero) is 1. The minimum absolute atomic E-state index is 0.0214. The Labute approximate surface area is 124 Å². The monoisotopic (exact) mass is 294 g/mol. The van der Waals surface area contributed by atoms with Crippen molar-refractivity contribution in [2.45, 2.75) is 32.4 Å². The van der Waals surface area contributed by atoms with Crippen LogP contribution in [0.15, 0.2) is 12.4 Å². The number of nitrogens with zero attached hydrogens (tertiary/aromatic N) is 3. The van der Waals surface area contributed by atoms with Crippen LogP contribution < -0.4 is 5.73 Å². The van der Waals surface area contributed by atoms with Gasteiger partial charge >= 0.3 is 0 Å². The molecule has 0 aromatic carbocycles. The molecule has 0 fully saturated rings. The molecule has 0 amide bonds. The lowest BCUT2D eigenvalue weighted by Crippen LogP contribution is -2.32. The number of aromatic nitrogens is 3. The Bertz CT molecular complexity index is 451. The topological polar surface area (TPSA) is 92.3 Å². The van der Waals surface area contributed by atoms with Crippen LogP contribution in [0.25, 0.3) is 0 Å². The van der Waals surface area contributed by atoms with Crippen LogP contribution in [0.3, 0.4) is 0 Å². The lowest BCUT2D eigenvalue weighted by molar-refractivity contribution is -0.118. The molecule has 1 aromatic heterocycles. The second-order valence-corrected chi connectivity index (χ2v) is 4.52. The highest BCUT2D eigenvalue weighted by Gasteiger charge is 2.04. The molecule has 1 atom stereocenters. The zero-order chi connectivity index (χ0) is 15.3. The highest BCUT2D eigenvalue weighted by Crippen LogP contribution is 1.95. The van der Waals surface area contributed by atoms with Crippen molar-refractivity contribution >= 4 is 5.78 Å². The predicted octanol–water partition coefficient (Wildman–Crippen LogP) is 0.0112. The summed E-state index contributed by atoms with van der Waals surface area (Å²) in [6, 6.07) is -0.234. The summed E-state index contributed by atoms with van der Waals surface area (Å²) in [7, 11) is 0. The van der Waals surface area contributed by atoms with Crippen molar-refractivity contribution in [2.24, 2.45) is 5.73 Å². The second kappa shape index (κ2) is 11.0. The maximum atomic E-state index is 11.1. The van der Waals surface area contributed by atoms with Crippen molar-refractivity contribution in [1.82, 2.24) is 15.0 Å². The lowest BCUT2D eigenvalue weighted by Gasteiger charge is -2.11. The molecule has 116 valence electrons. The zero-order valence-corrected chi connectivity index (χ0v) is 12.3. The largest absolute Gasteiger partial charge is 0.380 e. The van der Waals surface area contributed by atoms with E-state index in [0.29, 0.717) is 13.2 Å². The van der Waals surface area contributed by atoms with E-state index in [9.17, 15) is 4.79 Å². The van der Waals surface area contributed by atoms with E-state index in [4.69, 9.17) is 15.2 Å². The van der Waals surface area contributed by atoms with Gasteiger partial charge in [-0.3, -0.25) is 9.48 Å². The third-order valence-electron chi connectivity index (χ3n) is 2.56. The Kier molecular flexibility index (Phi) is 9.04. The molecule has 0 aliphatic heterocycles. The fourth-order valence-corrected chi connectivity index (χ4v) is 1.59. The van der Waals surface area contributed by atoms with Crippen molar-refractivity contribution < 1.29 is 14.3 Å². The number of aryl methyl sites for hydroxylation is 1. The van der Waals surface area contributed by atoms with Gasteiger partial charge in [-0.2, -0.15) is 0 Å². The summed E-state index contributed by atoms with van der Waals surface area (Å²) >= 11 is 0. The van der Waals surface area contributed by atoms with Crippen LogP contribution in [0.2, 0.25) is 0 Å². The van der Waals surface area contributed by atoms with Crippen molar-refractivity contribution in [1.29, 1.82) is 0 Å². The Morgan fingerprint density at radius 3 is 2.90 bits per heavy atom. The number of rotatable bonds is 11. The van der Waals surface area contributed by atoms with E-state index in [0.717, 1.165) is 19.4 Å². The number of ketones is 1. The standard InChI is InChI=1S/C14H22N4O3/c1-2-5-14(19)12-21-11-13(15)10-20-9-4-3-7-18-8-6-16-17-18/h6,8,13H,3-4,7,9-12,15H2,1H3. The number of nitrogens with two attached hydrogens (primary N) is 1. The van der Waals surface area contributed by atoms with Crippen molar-refractivity contribution in [3.63, 3.8) is 0 Å². The number of unbranched alkanes of at least 4 members (excludes halogenated alkanes) is 1. The number of hydrogen-bond donors (Lipinski definition) is 1. The van der Waals surface area contributed by atoms with E-state index in [1.54, 1.807) is 17.8 Å². The molecule has 0 radical (unpaired) electrons. The maximum absolute atomic E-state index is 11.1. The van der Waals surface area contributed by atoms with Gasteiger partial charge in [0, 0.05) is 19.3 Å². The average Bonchev–Trinajstić information content (AvgIpc) is 2.96. The van der Waals surface area contributed by atoms with E-state index in [1.165, 1.54) is 0 Å². The fraction of sp³-hybridized carbons (Fsp3) is 0.643. The normalized spacial score (nSPS) is 11.7. The number of hydrogen-bond acceptors (Lipinski definition) is 6. The molecule has 0 aliphatic rings. The molecule has 1 heterocycles. The first-order chi connectivity index (χ1) is 10.2. The van der Waals surface area contributed by atoms with Gasteiger partial charge in [0.1, 0.15) is 6.61 Å². The molecule has 0 spiro atoms. The quantitative estimate of drug-likeness (QED) is 0.351. The van der Waals surface area contributed by atoms with Gasteiger partial charge in [-0.15, -0.1) is 5.10 Å². The smallest absolute Gasteiger partial charge is 0.231 e. The molecule has 2 N–H and O–H groups in total. The molecule has 1 rings (SSSR count). The summed E-state index contributed by atoms with van der Waals surface area (Å²) in [6.07, 6.45) is 5.39. The Morgan fingerprint density at radius 2 is 2.19 bits per heavy atom. The molecule has 1 aromatic rings. The van der Waals surface area contributed by atoms with Crippen LogP contribution >= 0.6 is 0 Å². The Balaban J connectivity index is 1.91. The van der Waals surface area contributed by atoms with Gasteiger partial charge < -0.3 is 15.2 Å². The minimum Gasteiger partial charge on any atom is -0.380 e. The van der Waals surface area contributed by atoms with E-state index in [2.05, 4.69) is 22.2 Å². The first-order valence-electron chi connectivity index (χ1n) is 6.93. The van der Waals surface area contributed by atoms with Crippen LogP contribution in [0.4, 0.5) is 0 Å². The molecule has 7 nitrogen and oxygen atoms in total. The Morgan fingerprint density at radius 1 is 1.38 bits per heavy atom. The summed E-state index contributed by atoms with van der Waals surface area (Å²) in [4.78, 5) is 11.1. The van der Waals surface area contributed by atoms with Gasteiger partial charge in [0.05, 0.1) is 25.5 Å². The maximum Gasteiger partial charge on any atom is 0.231 e. The van der Waals surface area contributed by atoms with Crippen molar-refractivity contribution in [3.8, 4) is 11.8 Å². The molecular formula is C14H22N4O3. The number of carbonyl (C=O) groups excluding carboxylic acids is 1. The van der Waals surface area contributed by atoms with Crippen molar-refractivity contribution in [2.75, 3.05) is 26.4 Å². The SMILES string of the molecule is CC#CC(=O)COCC(N)COCCCCn1ccnn1. The second-order valence-electron chi connectivity index (χ2n) is 4.52. The molecular weight excluding hydrogens is 272 g/mol. The fourth-order valence-electron chi connectivity index (χ4n) is 1.59. The predicted molar refractivity (Wildman–Crippen MR) is 77.3 cm³/mol. The van der Waals surface area contributed by atoms with Gasteiger partial charge in [-0.05, 0) is 25.7 Å². The zero-order valence-electron chi connectivity index (χ0n) is 12.3. The van der Waals surface area contributed by atoms with Crippen LogP contribution in [0, 0.1) is 11.8 Å². The van der Waals surface area contributed by atoms with E-state index >= 15 is 0 Å². The molecule has 0 saturated carbocycles. The van der Waals surface area contributed by atoms with Gasteiger partial charge in [0.25, 0.3) is 0 Å². The first-order valence-corrected chi connectivity index (χ1v) is 6.93. The third-order valence-corrected chi connectivity index (χ3v) is 2.56. The third kappa shape index (κ3) is 8.92. The van der Waals surface area contributed by atoms with E-state index in [1.807, 2.05) is 6.20 Å². The number of ether oxygens (including phenoxy) is 2. The average molecular weight is 294 g/mol. The van der Waals surface area contributed by atoms with Crippen molar-refractivity contribution in [3.05, 3.63) is 12.4 Å². The molecule has 0 saturated heterocycles. The number of carbonyl (C=O) groups is 1. The van der Waals surface area contributed by atoms with Crippen LogP contribution in [0.1, 0.15) is 19.8 Å². The van der Waals surface area contributed by atoms with E-state index in [-0.39, 0.29) is 25.0 Å². The van der Waals surface area contributed by atoms with Crippen LogP contribution in [0.5, 0.6) is 0 Å². The Hall–Kier alpha value is -1.75. The van der Waals surface area contributed by atoms with E-state index < -0.39 is 0 Å². The summed E-state index contributed by atoms with van der Waals surface area (Å²) < 4.78 is 12.4. The molecule has 0 aliphatic carbocycles. The van der Waals surface area contributed by atoms with Crippen LogP contribution in [-0.2, 0) is 20.8 Å². The van der Waals surface area contributed by atoms with Gasteiger partial charge in [-0.1, -0.05) is 11.1 Å². The van der Waals surface area contributed by atoms with Gasteiger partial charge in [-0.25, -0.2) is 0 Å².